The number of hydrogen-bond donors (Lipinski definition) is 1. The van der Waals surface area contributed by atoms with Crippen molar-refractivity contribution in [1.82, 2.24) is 4.90 Å². The van der Waals surface area contributed by atoms with E-state index in [9.17, 15) is 9.59 Å². The van der Waals surface area contributed by atoms with Crippen molar-refractivity contribution >= 4 is 23.1 Å². The highest BCUT2D eigenvalue weighted by Gasteiger charge is 2.30. The largest absolute Gasteiger partial charge is 0.369 e. The van der Waals surface area contributed by atoms with Crippen LogP contribution in [0.5, 0.6) is 0 Å². The Bertz CT molecular complexity index is 1010. The highest BCUT2D eigenvalue weighted by atomic mass is 16.2. The fraction of sp³-hybridized carbons (Fsp3) is 0.231. The van der Waals surface area contributed by atoms with Gasteiger partial charge in [0.25, 0.3) is 0 Å². The zero-order chi connectivity index (χ0) is 21.6. The van der Waals surface area contributed by atoms with Crippen LogP contribution in [0.4, 0.5) is 11.4 Å². The van der Waals surface area contributed by atoms with Crippen molar-refractivity contribution in [2.24, 2.45) is 0 Å². The number of piperazine rings is 1. The first-order chi connectivity index (χ1) is 15.1. The monoisotopic (exact) mass is 413 g/mol. The minimum absolute atomic E-state index is 0.0170. The maximum absolute atomic E-state index is 13.3. The molecule has 1 saturated heterocycles. The van der Waals surface area contributed by atoms with Crippen LogP contribution in [0.15, 0.2) is 84.9 Å². The second kappa shape index (κ2) is 9.58. The summed E-state index contributed by atoms with van der Waals surface area (Å²) in [5.74, 6) is 0.0585. The third kappa shape index (κ3) is 5.01. The van der Waals surface area contributed by atoms with Crippen molar-refractivity contribution in [3.63, 3.8) is 0 Å². The van der Waals surface area contributed by atoms with Gasteiger partial charge in [-0.3, -0.25) is 14.5 Å². The molecule has 0 saturated carbocycles. The number of ketones is 1. The van der Waals surface area contributed by atoms with Gasteiger partial charge in [0.1, 0.15) is 6.04 Å². The molecule has 3 aromatic rings. The highest BCUT2D eigenvalue weighted by molar-refractivity contribution is 5.95. The smallest absolute Gasteiger partial charge is 0.246 e. The number of hydrogen-bond acceptors (Lipinski definition) is 4. The highest BCUT2D eigenvalue weighted by Crippen LogP contribution is 2.26. The summed E-state index contributed by atoms with van der Waals surface area (Å²) in [6.07, 6.45) is 0. The van der Waals surface area contributed by atoms with Crippen molar-refractivity contribution < 1.29 is 9.59 Å². The molecule has 0 spiro atoms. The summed E-state index contributed by atoms with van der Waals surface area (Å²) < 4.78 is 0. The van der Waals surface area contributed by atoms with Gasteiger partial charge in [-0.05, 0) is 48.9 Å². The van der Waals surface area contributed by atoms with Gasteiger partial charge in [0.2, 0.25) is 5.91 Å². The standard InChI is InChI=1S/C26H27N3O2/c1-20(30)21-12-14-24(15-13-21)28-16-18-29(19-17-28)25(22-8-4-2-5-9-22)26(31)27-23-10-6-3-7-11-23/h2-15,25H,16-19H2,1H3,(H,27,31). The molecule has 1 unspecified atom stereocenters. The molecule has 1 aliphatic rings. The van der Waals surface area contributed by atoms with Gasteiger partial charge in [-0.1, -0.05) is 48.5 Å². The van der Waals surface area contributed by atoms with E-state index in [1.807, 2.05) is 84.9 Å². The van der Waals surface area contributed by atoms with E-state index in [1.54, 1.807) is 6.92 Å². The Balaban J connectivity index is 1.48. The molecule has 1 fully saturated rings. The first-order valence-corrected chi connectivity index (χ1v) is 10.6. The molecule has 31 heavy (non-hydrogen) atoms. The summed E-state index contributed by atoms with van der Waals surface area (Å²) in [4.78, 5) is 29.3. The number of Topliss-reactive ketones (excluding diaryl/α,β-unsaturated/α-hetero) is 1. The Kier molecular flexibility index (Phi) is 6.43. The average Bonchev–Trinajstić information content (AvgIpc) is 2.81. The quantitative estimate of drug-likeness (QED) is 0.609. The number of rotatable bonds is 6. The van der Waals surface area contributed by atoms with E-state index in [-0.39, 0.29) is 17.7 Å². The third-order valence-corrected chi connectivity index (χ3v) is 5.72. The Morgan fingerprint density at radius 2 is 1.35 bits per heavy atom. The Morgan fingerprint density at radius 1 is 0.774 bits per heavy atom. The number of carbonyl (C=O) groups is 2. The first-order valence-electron chi connectivity index (χ1n) is 10.6. The van der Waals surface area contributed by atoms with Crippen LogP contribution in [0.1, 0.15) is 28.9 Å². The van der Waals surface area contributed by atoms with Crippen LogP contribution in [0, 0.1) is 0 Å². The second-order valence-corrected chi connectivity index (χ2v) is 7.79. The normalized spacial score (nSPS) is 15.3. The van der Waals surface area contributed by atoms with Crippen molar-refractivity contribution in [2.75, 3.05) is 36.4 Å². The molecule has 5 heteroatoms. The van der Waals surface area contributed by atoms with Gasteiger partial charge in [0.15, 0.2) is 5.78 Å². The molecule has 0 bridgehead atoms. The molecule has 0 aliphatic carbocycles. The minimum Gasteiger partial charge on any atom is -0.369 e. The van der Waals surface area contributed by atoms with Gasteiger partial charge < -0.3 is 10.2 Å². The van der Waals surface area contributed by atoms with Gasteiger partial charge in [0, 0.05) is 43.1 Å². The molecule has 1 amide bonds. The SMILES string of the molecule is CC(=O)c1ccc(N2CCN(C(C(=O)Nc3ccccc3)c3ccccc3)CC2)cc1. The molecule has 0 aromatic heterocycles. The number of nitrogens with zero attached hydrogens (tertiary/aromatic N) is 2. The average molecular weight is 414 g/mol. The van der Waals surface area contributed by atoms with Crippen molar-refractivity contribution in [2.45, 2.75) is 13.0 Å². The number of amides is 1. The van der Waals surface area contributed by atoms with E-state index in [0.717, 1.165) is 48.7 Å². The zero-order valence-corrected chi connectivity index (χ0v) is 17.7. The summed E-state index contributed by atoms with van der Waals surface area (Å²) in [7, 11) is 0. The van der Waals surface area contributed by atoms with Crippen LogP contribution in [0.2, 0.25) is 0 Å². The van der Waals surface area contributed by atoms with Gasteiger partial charge in [0.05, 0.1) is 0 Å². The maximum atomic E-state index is 13.3. The Labute approximate surface area is 183 Å². The second-order valence-electron chi connectivity index (χ2n) is 7.79. The molecule has 3 aromatic carbocycles. The third-order valence-electron chi connectivity index (χ3n) is 5.72. The van der Waals surface area contributed by atoms with Crippen LogP contribution < -0.4 is 10.2 Å². The van der Waals surface area contributed by atoms with E-state index in [1.165, 1.54) is 0 Å². The topological polar surface area (TPSA) is 52.7 Å². The number of anilines is 2. The van der Waals surface area contributed by atoms with E-state index < -0.39 is 0 Å². The number of carbonyl (C=O) groups excluding carboxylic acids is 2. The fourth-order valence-corrected chi connectivity index (χ4v) is 4.04. The lowest BCUT2D eigenvalue weighted by Crippen LogP contribution is -2.50. The lowest BCUT2D eigenvalue weighted by atomic mass is 10.0. The summed E-state index contributed by atoms with van der Waals surface area (Å²) in [6, 6.07) is 27.0. The van der Waals surface area contributed by atoms with Crippen molar-refractivity contribution in [1.29, 1.82) is 0 Å². The van der Waals surface area contributed by atoms with E-state index in [4.69, 9.17) is 0 Å². The van der Waals surface area contributed by atoms with E-state index in [0.29, 0.717) is 0 Å². The van der Waals surface area contributed by atoms with Crippen molar-refractivity contribution in [3.05, 3.63) is 96.1 Å². The zero-order valence-electron chi connectivity index (χ0n) is 17.7. The predicted molar refractivity (Wildman–Crippen MR) is 124 cm³/mol. The van der Waals surface area contributed by atoms with Gasteiger partial charge in [-0.25, -0.2) is 0 Å². The number of para-hydroxylation sites is 1. The predicted octanol–water partition coefficient (Wildman–Crippen LogP) is 4.39. The fourth-order valence-electron chi connectivity index (χ4n) is 4.04. The van der Waals surface area contributed by atoms with Gasteiger partial charge in [-0.2, -0.15) is 0 Å². The summed E-state index contributed by atoms with van der Waals surface area (Å²) in [6.45, 7) is 4.77. The lowest BCUT2D eigenvalue weighted by Gasteiger charge is -2.39. The molecule has 1 atom stereocenters. The van der Waals surface area contributed by atoms with E-state index in [2.05, 4.69) is 15.1 Å². The molecule has 4 rings (SSSR count). The van der Waals surface area contributed by atoms with Crippen LogP contribution >= 0.6 is 0 Å². The molecular formula is C26H27N3O2. The van der Waals surface area contributed by atoms with Crippen LogP contribution in [-0.2, 0) is 4.79 Å². The van der Waals surface area contributed by atoms with Gasteiger partial charge >= 0.3 is 0 Å². The first kappa shape index (κ1) is 20.8. The van der Waals surface area contributed by atoms with Crippen LogP contribution in [0.25, 0.3) is 0 Å². The van der Waals surface area contributed by atoms with Crippen LogP contribution in [-0.4, -0.2) is 42.8 Å². The molecule has 1 heterocycles. The molecule has 5 nitrogen and oxygen atoms in total. The Morgan fingerprint density at radius 3 is 1.94 bits per heavy atom. The van der Waals surface area contributed by atoms with Crippen molar-refractivity contribution in [3.8, 4) is 0 Å². The maximum Gasteiger partial charge on any atom is 0.246 e. The lowest BCUT2D eigenvalue weighted by molar-refractivity contribution is -0.121. The van der Waals surface area contributed by atoms with Gasteiger partial charge in [-0.15, -0.1) is 0 Å². The van der Waals surface area contributed by atoms with E-state index >= 15 is 0 Å². The molecular weight excluding hydrogens is 386 g/mol. The number of nitrogens with one attached hydrogen (secondary N) is 1. The van der Waals surface area contributed by atoms with Crippen LogP contribution in [0.3, 0.4) is 0 Å². The Hall–Kier alpha value is -3.44. The molecule has 158 valence electrons. The molecule has 1 aliphatic heterocycles. The summed E-state index contributed by atoms with van der Waals surface area (Å²) in [5, 5.41) is 3.07. The number of benzene rings is 3. The molecule has 0 radical (unpaired) electrons. The minimum atomic E-state index is -0.344. The summed E-state index contributed by atoms with van der Waals surface area (Å²) >= 11 is 0. The molecule has 1 N–H and O–H groups in total. The summed E-state index contributed by atoms with van der Waals surface area (Å²) in [5.41, 5.74) is 3.63.